The molecule has 25 heavy (non-hydrogen) atoms. The van der Waals surface area contributed by atoms with Crippen LogP contribution in [0.4, 0.5) is 9.52 Å². The summed E-state index contributed by atoms with van der Waals surface area (Å²) in [4.78, 5) is 28.3. The molecule has 2 N–H and O–H groups in total. The van der Waals surface area contributed by atoms with Crippen LogP contribution >= 0.6 is 11.3 Å². The van der Waals surface area contributed by atoms with Crippen molar-refractivity contribution in [1.82, 2.24) is 10.3 Å². The minimum absolute atomic E-state index is 0.0526. The maximum absolute atomic E-state index is 12.9. The molecule has 1 heterocycles. The molecule has 1 aliphatic rings. The summed E-state index contributed by atoms with van der Waals surface area (Å²) in [5, 5.41) is 8.05. The van der Waals surface area contributed by atoms with Crippen molar-refractivity contribution in [1.29, 1.82) is 0 Å². The molecule has 0 bridgehead atoms. The summed E-state index contributed by atoms with van der Waals surface area (Å²) in [6.45, 7) is 0. The number of amides is 2. The molecule has 3 rings (SSSR count). The summed E-state index contributed by atoms with van der Waals surface area (Å²) in [7, 11) is 0. The fourth-order valence-electron chi connectivity index (χ4n) is 2.86. The van der Waals surface area contributed by atoms with Gasteiger partial charge in [0.2, 0.25) is 5.91 Å². The van der Waals surface area contributed by atoms with Crippen molar-refractivity contribution in [3.63, 3.8) is 0 Å². The first-order chi connectivity index (χ1) is 12.1. The predicted molar refractivity (Wildman–Crippen MR) is 95.2 cm³/mol. The highest BCUT2D eigenvalue weighted by Crippen LogP contribution is 2.19. The molecule has 1 aliphatic carbocycles. The number of nitrogens with one attached hydrogen (secondary N) is 2. The van der Waals surface area contributed by atoms with Crippen LogP contribution in [0.2, 0.25) is 0 Å². The molecule has 5 nitrogen and oxygen atoms in total. The van der Waals surface area contributed by atoms with E-state index in [1.807, 2.05) is 5.38 Å². The Morgan fingerprint density at radius 2 is 1.92 bits per heavy atom. The minimum atomic E-state index is -0.385. The van der Waals surface area contributed by atoms with Gasteiger partial charge in [0.05, 0.1) is 5.69 Å². The topological polar surface area (TPSA) is 71.1 Å². The molecule has 0 saturated heterocycles. The lowest BCUT2D eigenvalue weighted by Gasteiger charge is -2.11. The Bertz CT molecular complexity index is 739. The number of thiazole rings is 1. The summed E-state index contributed by atoms with van der Waals surface area (Å²) in [6.07, 6.45) is 5.46. The average Bonchev–Trinajstić information content (AvgIpc) is 3.25. The van der Waals surface area contributed by atoms with Crippen molar-refractivity contribution in [3.05, 3.63) is 46.7 Å². The van der Waals surface area contributed by atoms with Crippen LogP contribution in [0.25, 0.3) is 0 Å². The average molecular weight is 361 g/mol. The van der Waals surface area contributed by atoms with Crippen LogP contribution in [-0.2, 0) is 11.2 Å². The van der Waals surface area contributed by atoms with Gasteiger partial charge in [-0.05, 0) is 43.5 Å². The molecule has 0 aliphatic heterocycles. The number of aryl methyl sites for hydroxylation is 1. The first-order valence-electron chi connectivity index (χ1n) is 8.41. The van der Waals surface area contributed by atoms with E-state index >= 15 is 0 Å². The Balaban J connectivity index is 1.47. The summed E-state index contributed by atoms with van der Waals surface area (Å²) in [5.41, 5.74) is 1.15. The Morgan fingerprint density at radius 1 is 1.20 bits per heavy atom. The molecular weight excluding hydrogens is 341 g/mol. The molecule has 1 aromatic heterocycles. The van der Waals surface area contributed by atoms with Gasteiger partial charge in [-0.15, -0.1) is 11.3 Å². The Hall–Kier alpha value is -2.28. The van der Waals surface area contributed by atoms with Crippen molar-refractivity contribution in [2.24, 2.45) is 0 Å². The van der Waals surface area contributed by atoms with Crippen LogP contribution in [0.5, 0.6) is 0 Å². The smallest absolute Gasteiger partial charge is 0.257 e. The van der Waals surface area contributed by atoms with E-state index in [1.54, 1.807) is 0 Å². The van der Waals surface area contributed by atoms with E-state index in [9.17, 15) is 14.0 Å². The van der Waals surface area contributed by atoms with Gasteiger partial charge in [0.15, 0.2) is 5.13 Å². The first-order valence-corrected chi connectivity index (χ1v) is 9.29. The summed E-state index contributed by atoms with van der Waals surface area (Å²) < 4.78 is 12.9. The quantitative estimate of drug-likeness (QED) is 0.827. The molecule has 2 aromatic rings. The summed E-state index contributed by atoms with van der Waals surface area (Å²) >= 11 is 1.31. The fraction of sp³-hybridized carbons (Fsp3) is 0.389. The number of anilines is 1. The Morgan fingerprint density at radius 3 is 2.64 bits per heavy atom. The van der Waals surface area contributed by atoms with Gasteiger partial charge in [-0.1, -0.05) is 12.8 Å². The number of nitrogens with zero attached hydrogens (tertiary/aromatic N) is 1. The van der Waals surface area contributed by atoms with Crippen molar-refractivity contribution < 1.29 is 14.0 Å². The molecular formula is C18H20FN3O2S. The van der Waals surface area contributed by atoms with E-state index in [0.29, 0.717) is 29.6 Å². The SMILES string of the molecule is O=C(CCc1csc(NC(=O)c2ccc(F)cc2)n1)NC1CCCC1. The molecule has 132 valence electrons. The number of aromatic nitrogens is 1. The van der Waals surface area contributed by atoms with Crippen LogP contribution < -0.4 is 10.6 Å². The fourth-order valence-corrected chi connectivity index (χ4v) is 3.60. The molecule has 0 unspecified atom stereocenters. The van der Waals surface area contributed by atoms with Crippen LogP contribution in [0.1, 0.15) is 48.2 Å². The monoisotopic (exact) mass is 361 g/mol. The minimum Gasteiger partial charge on any atom is -0.353 e. The number of hydrogen-bond donors (Lipinski definition) is 2. The molecule has 1 aromatic carbocycles. The van der Waals surface area contributed by atoms with E-state index in [4.69, 9.17) is 0 Å². The van der Waals surface area contributed by atoms with E-state index in [0.717, 1.165) is 18.5 Å². The molecule has 1 saturated carbocycles. The molecule has 0 radical (unpaired) electrons. The van der Waals surface area contributed by atoms with E-state index in [2.05, 4.69) is 15.6 Å². The Labute approximate surface area is 149 Å². The lowest BCUT2D eigenvalue weighted by Crippen LogP contribution is -2.32. The van der Waals surface area contributed by atoms with Gasteiger partial charge in [0, 0.05) is 23.4 Å². The standard InChI is InChI=1S/C18H20FN3O2S/c19-13-7-5-12(6-8-13)17(24)22-18-21-15(11-25-18)9-10-16(23)20-14-3-1-2-4-14/h5-8,11,14H,1-4,9-10H2,(H,20,23)(H,21,22,24). The highest BCUT2D eigenvalue weighted by Gasteiger charge is 2.17. The van der Waals surface area contributed by atoms with Crippen LogP contribution in [0.15, 0.2) is 29.6 Å². The summed E-state index contributed by atoms with van der Waals surface area (Å²) in [6, 6.07) is 5.66. The predicted octanol–water partition coefficient (Wildman–Crippen LogP) is 3.53. The second kappa shape index (κ2) is 8.20. The molecule has 1 fully saturated rings. The van der Waals surface area contributed by atoms with Gasteiger partial charge in [0.25, 0.3) is 5.91 Å². The van der Waals surface area contributed by atoms with Crippen molar-refractivity contribution in [2.75, 3.05) is 5.32 Å². The van der Waals surface area contributed by atoms with Gasteiger partial charge >= 0.3 is 0 Å². The van der Waals surface area contributed by atoms with Gasteiger partial charge in [0.1, 0.15) is 5.82 Å². The maximum atomic E-state index is 12.9. The van der Waals surface area contributed by atoms with Gasteiger partial charge in [-0.25, -0.2) is 9.37 Å². The van der Waals surface area contributed by atoms with Gasteiger partial charge < -0.3 is 5.32 Å². The van der Waals surface area contributed by atoms with Gasteiger partial charge in [-0.2, -0.15) is 0 Å². The lowest BCUT2D eigenvalue weighted by atomic mass is 10.2. The number of benzene rings is 1. The van der Waals surface area contributed by atoms with Crippen molar-refractivity contribution >= 4 is 28.3 Å². The third kappa shape index (κ3) is 5.09. The van der Waals surface area contributed by atoms with Crippen molar-refractivity contribution in [3.8, 4) is 0 Å². The van der Waals surface area contributed by atoms with Crippen LogP contribution in [0, 0.1) is 5.82 Å². The molecule has 2 amide bonds. The van der Waals surface area contributed by atoms with Gasteiger partial charge in [-0.3, -0.25) is 14.9 Å². The van der Waals surface area contributed by atoms with E-state index in [1.165, 1.54) is 48.4 Å². The van der Waals surface area contributed by atoms with Crippen LogP contribution in [0.3, 0.4) is 0 Å². The summed E-state index contributed by atoms with van der Waals surface area (Å²) in [5.74, 6) is -0.666. The highest BCUT2D eigenvalue weighted by molar-refractivity contribution is 7.14. The van der Waals surface area contributed by atoms with E-state index in [-0.39, 0.29) is 17.6 Å². The first kappa shape index (κ1) is 17.5. The largest absolute Gasteiger partial charge is 0.353 e. The van der Waals surface area contributed by atoms with Crippen molar-refractivity contribution in [2.45, 2.75) is 44.6 Å². The molecule has 7 heteroatoms. The van der Waals surface area contributed by atoms with E-state index < -0.39 is 0 Å². The second-order valence-corrected chi connectivity index (χ2v) is 7.01. The number of carbonyl (C=O) groups is 2. The highest BCUT2D eigenvalue weighted by atomic mass is 32.1. The molecule has 0 atom stereocenters. The van der Waals surface area contributed by atoms with Crippen LogP contribution in [-0.4, -0.2) is 22.8 Å². The second-order valence-electron chi connectivity index (χ2n) is 6.15. The number of halogens is 1. The number of carbonyl (C=O) groups excluding carboxylic acids is 2. The third-order valence-corrected chi connectivity index (χ3v) is 5.01. The zero-order chi connectivity index (χ0) is 17.6. The zero-order valence-corrected chi connectivity index (χ0v) is 14.6. The molecule has 0 spiro atoms. The maximum Gasteiger partial charge on any atom is 0.257 e. The zero-order valence-electron chi connectivity index (χ0n) is 13.8. The number of rotatable bonds is 6. The normalized spacial score (nSPS) is 14.4. The third-order valence-electron chi connectivity index (χ3n) is 4.21. The number of hydrogen-bond acceptors (Lipinski definition) is 4. The Kier molecular flexibility index (Phi) is 5.75. The lowest BCUT2D eigenvalue weighted by molar-refractivity contribution is -0.121.